The minimum atomic E-state index is -0.352. The van der Waals surface area contributed by atoms with Gasteiger partial charge in [0.2, 0.25) is 0 Å². The van der Waals surface area contributed by atoms with Gasteiger partial charge in [-0.1, -0.05) is 18.2 Å². The molecule has 0 bridgehead atoms. The number of halogens is 1. The van der Waals surface area contributed by atoms with Crippen LogP contribution in [0.25, 0.3) is 0 Å². The maximum atomic E-state index is 12.4. The molecule has 2 unspecified atom stereocenters. The molecule has 2 atom stereocenters. The molecular weight excluding hydrogens is 264 g/mol. The number of amides is 1. The first-order valence-electron chi connectivity index (χ1n) is 6.54. The Balaban J connectivity index is 0.00000133. The zero-order valence-corrected chi connectivity index (χ0v) is 11.6. The van der Waals surface area contributed by atoms with Crippen LogP contribution < -0.4 is 10.5 Å². The molecule has 0 aromatic heterocycles. The fourth-order valence-electron chi connectivity index (χ4n) is 2.88. The van der Waals surface area contributed by atoms with Gasteiger partial charge in [-0.15, -0.1) is 12.4 Å². The first-order valence-corrected chi connectivity index (χ1v) is 6.54. The van der Waals surface area contributed by atoms with Gasteiger partial charge in [0.1, 0.15) is 5.75 Å². The Morgan fingerprint density at radius 1 is 1.42 bits per heavy atom. The molecule has 2 aliphatic heterocycles. The molecule has 19 heavy (non-hydrogen) atoms. The van der Waals surface area contributed by atoms with Gasteiger partial charge in [0.15, 0.2) is 6.10 Å². The van der Waals surface area contributed by atoms with Gasteiger partial charge in [-0.25, -0.2) is 0 Å². The molecule has 0 saturated carbocycles. The van der Waals surface area contributed by atoms with Crippen LogP contribution in [0.3, 0.4) is 0 Å². The van der Waals surface area contributed by atoms with Crippen molar-refractivity contribution in [3.8, 4) is 5.75 Å². The Kier molecular flexibility index (Phi) is 4.32. The predicted octanol–water partition coefficient (Wildman–Crippen LogP) is 1.36. The highest BCUT2D eigenvalue weighted by molar-refractivity contribution is 5.85. The summed E-state index contributed by atoms with van der Waals surface area (Å²) in [6, 6.07) is 8.06. The van der Waals surface area contributed by atoms with Crippen LogP contribution in [0.2, 0.25) is 0 Å². The van der Waals surface area contributed by atoms with Crippen LogP contribution in [0.15, 0.2) is 24.3 Å². The maximum Gasteiger partial charge on any atom is 0.264 e. The van der Waals surface area contributed by atoms with E-state index in [1.807, 2.05) is 29.2 Å². The van der Waals surface area contributed by atoms with E-state index in [4.69, 9.17) is 10.5 Å². The number of fused-ring (bicyclic) bond motifs is 1. The number of nitrogens with two attached hydrogens (primary N) is 1. The summed E-state index contributed by atoms with van der Waals surface area (Å²) in [6.45, 7) is 1.36. The first kappa shape index (κ1) is 14.2. The third kappa shape index (κ3) is 2.55. The number of hydrogen-bond acceptors (Lipinski definition) is 3. The van der Waals surface area contributed by atoms with E-state index in [0.717, 1.165) is 30.7 Å². The van der Waals surface area contributed by atoms with Crippen LogP contribution in [0.1, 0.15) is 18.4 Å². The van der Waals surface area contributed by atoms with Crippen molar-refractivity contribution in [2.75, 3.05) is 13.1 Å². The fraction of sp³-hybridized carbons (Fsp3) is 0.500. The van der Waals surface area contributed by atoms with Gasteiger partial charge in [0.05, 0.1) is 0 Å². The van der Waals surface area contributed by atoms with Crippen LogP contribution in [-0.4, -0.2) is 36.0 Å². The summed E-state index contributed by atoms with van der Waals surface area (Å²) >= 11 is 0. The maximum absolute atomic E-state index is 12.4. The lowest BCUT2D eigenvalue weighted by Crippen LogP contribution is -2.46. The predicted molar refractivity (Wildman–Crippen MR) is 75.6 cm³/mol. The summed E-state index contributed by atoms with van der Waals surface area (Å²) in [5.41, 5.74) is 6.83. The van der Waals surface area contributed by atoms with Gasteiger partial charge in [-0.05, 0) is 24.5 Å². The molecule has 1 aromatic carbocycles. The molecule has 0 aliphatic carbocycles. The molecule has 2 heterocycles. The normalized spacial score (nSPS) is 24.6. The number of carbonyl (C=O) groups excluding carboxylic acids is 1. The number of likely N-dealkylation sites (tertiary alicyclic amines) is 1. The zero-order chi connectivity index (χ0) is 12.5. The molecular formula is C14H19ClN2O2. The number of para-hydroxylation sites is 1. The van der Waals surface area contributed by atoms with Crippen LogP contribution in [-0.2, 0) is 11.2 Å². The van der Waals surface area contributed by atoms with E-state index < -0.39 is 0 Å². The van der Waals surface area contributed by atoms with E-state index in [0.29, 0.717) is 13.0 Å². The van der Waals surface area contributed by atoms with E-state index in [1.165, 1.54) is 0 Å². The third-order valence-electron chi connectivity index (χ3n) is 3.85. The quantitative estimate of drug-likeness (QED) is 0.891. The van der Waals surface area contributed by atoms with Crippen molar-refractivity contribution in [2.24, 2.45) is 5.73 Å². The lowest BCUT2D eigenvalue weighted by molar-refractivity contribution is -0.138. The summed E-state index contributed by atoms with van der Waals surface area (Å²) < 4.78 is 5.74. The number of hydrogen-bond donors (Lipinski definition) is 1. The molecule has 1 aromatic rings. The average Bonchev–Trinajstić information content (AvgIpc) is 3.03. The second-order valence-corrected chi connectivity index (χ2v) is 4.98. The second-order valence-electron chi connectivity index (χ2n) is 4.98. The van der Waals surface area contributed by atoms with Gasteiger partial charge >= 0.3 is 0 Å². The van der Waals surface area contributed by atoms with Gasteiger partial charge < -0.3 is 15.4 Å². The van der Waals surface area contributed by atoms with Gasteiger partial charge in [-0.3, -0.25) is 4.79 Å². The van der Waals surface area contributed by atoms with E-state index in [-0.39, 0.29) is 30.5 Å². The van der Waals surface area contributed by atoms with E-state index in [2.05, 4.69) is 0 Å². The molecule has 0 spiro atoms. The average molecular weight is 283 g/mol. The highest BCUT2D eigenvalue weighted by Crippen LogP contribution is 2.30. The molecule has 1 amide bonds. The lowest BCUT2D eigenvalue weighted by Gasteiger charge is -2.26. The van der Waals surface area contributed by atoms with Crippen molar-refractivity contribution < 1.29 is 9.53 Å². The molecule has 3 rings (SSSR count). The Morgan fingerprint density at radius 2 is 2.21 bits per heavy atom. The van der Waals surface area contributed by atoms with Crippen molar-refractivity contribution in [2.45, 2.75) is 31.4 Å². The minimum absolute atomic E-state index is 0. The minimum Gasteiger partial charge on any atom is -0.480 e. The topological polar surface area (TPSA) is 55.6 Å². The number of benzene rings is 1. The van der Waals surface area contributed by atoms with Gasteiger partial charge in [-0.2, -0.15) is 0 Å². The standard InChI is InChI=1S/C14H18N2O2.ClH/c15-9-11-5-3-7-16(11)14(17)13-8-10-4-1-2-6-12(10)18-13;/h1-2,4,6,11,13H,3,5,7-9,15H2;1H. The van der Waals surface area contributed by atoms with Crippen LogP contribution in [0.5, 0.6) is 5.75 Å². The molecule has 1 saturated heterocycles. The van der Waals surface area contributed by atoms with E-state index in [1.54, 1.807) is 0 Å². The molecule has 0 radical (unpaired) electrons. The van der Waals surface area contributed by atoms with Crippen molar-refractivity contribution in [1.82, 2.24) is 4.90 Å². The molecule has 2 N–H and O–H groups in total. The molecule has 1 fully saturated rings. The van der Waals surface area contributed by atoms with Crippen molar-refractivity contribution in [3.63, 3.8) is 0 Å². The number of rotatable bonds is 2. The largest absolute Gasteiger partial charge is 0.480 e. The highest BCUT2D eigenvalue weighted by Gasteiger charge is 2.36. The summed E-state index contributed by atoms with van der Waals surface area (Å²) in [5, 5.41) is 0. The Labute approximate surface area is 119 Å². The summed E-state index contributed by atoms with van der Waals surface area (Å²) in [4.78, 5) is 14.3. The summed E-state index contributed by atoms with van der Waals surface area (Å²) in [5.74, 6) is 0.943. The van der Waals surface area contributed by atoms with Crippen LogP contribution in [0.4, 0.5) is 0 Å². The third-order valence-corrected chi connectivity index (χ3v) is 3.85. The Morgan fingerprint density at radius 3 is 2.95 bits per heavy atom. The highest BCUT2D eigenvalue weighted by atomic mass is 35.5. The number of carbonyl (C=O) groups is 1. The Bertz CT molecular complexity index is 442. The SMILES string of the molecule is Cl.NCC1CCCN1C(=O)C1Cc2ccccc2O1. The first-order chi connectivity index (χ1) is 8.79. The smallest absolute Gasteiger partial charge is 0.264 e. The van der Waals surface area contributed by atoms with Crippen molar-refractivity contribution in [3.05, 3.63) is 29.8 Å². The monoisotopic (exact) mass is 282 g/mol. The summed E-state index contributed by atoms with van der Waals surface area (Å²) in [6.07, 6.45) is 2.40. The number of ether oxygens (including phenoxy) is 1. The van der Waals surface area contributed by atoms with E-state index >= 15 is 0 Å². The van der Waals surface area contributed by atoms with Crippen LogP contribution >= 0.6 is 12.4 Å². The summed E-state index contributed by atoms with van der Waals surface area (Å²) in [7, 11) is 0. The lowest BCUT2D eigenvalue weighted by atomic mass is 10.1. The molecule has 4 nitrogen and oxygen atoms in total. The molecule has 2 aliphatic rings. The van der Waals surface area contributed by atoms with Crippen molar-refractivity contribution >= 4 is 18.3 Å². The van der Waals surface area contributed by atoms with Crippen molar-refractivity contribution in [1.29, 1.82) is 0 Å². The zero-order valence-electron chi connectivity index (χ0n) is 10.7. The fourth-order valence-corrected chi connectivity index (χ4v) is 2.88. The van der Waals surface area contributed by atoms with E-state index in [9.17, 15) is 4.79 Å². The molecule has 104 valence electrons. The van der Waals surface area contributed by atoms with Gasteiger partial charge in [0.25, 0.3) is 5.91 Å². The molecule has 5 heteroatoms. The Hall–Kier alpha value is -1.26. The van der Waals surface area contributed by atoms with Crippen LogP contribution in [0, 0.1) is 0 Å². The second kappa shape index (κ2) is 5.80. The van der Waals surface area contributed by atoms with Gasteiger partial charge in [0, 0.05) is 25.6 Å². The number of nitrogens with zero attached hydrogens (tertiary/aromatic N) is 1.